The van der Waals surface area contributed by atoms with E-state index in [1.165, 1.54) is 7.11 Å². The predicted molar refractivity (Wildman–Crippen MR) is 96.9 cm³/mol. The second-order valence-electron chi connectivity index (χ2n) is 6.34. The van der Waals surface area contributed by atoms with Crippen LogP contribution in [0.4, 0.5) is 0 Å². The number of ether oxygens (including phenoxy) is 2. The Morgan fingerprint density at radius 2 is 2.08 bits per heavy atom. The zero-order valence-electron chi connectivity index (χ0n) is 14.3. The standard InChI is InChI=1S/C20H20N2O3/c1-24-13-7-5-6-12(10-13)18-19-15(11-17(22-18)20(23)25-2)14-8-3-4-9-16(14)21-19/h3-6,8-9,11-13,21H,7,10H2,1-2H3. The average molecular weight is 336 g/mol. The highest BCUT2D eigenvalue weighted by Gasteiger charge is 2.25. The minimum Gasteiger partial charge on any atom is -0.464 e. The third kappa shape index (κ3) is 2.70. The molecule has 0 saturated heterocycles. The number of aromatic amines is 1. The summed E-state index contributed by atoms with van der Waals surface area (Å²) in [4.78, 5) is 20.3. The Morgan fingerprint density at radius 3 is 2.88 bits per heavy atom. The second-order valence-corrected chi connectivity index (χ2v) is 6.34. The molecule has 0 amide bonds. The van der Waals surface area contributed by atoms with Crippen LogP contribution in [0.25, 0.3) is 21.8 Å². The molecule has 1 aliphatic carbocycles. The highest BCUT2D eigenvalue weighted by atomic mass is 16.5. The van der Waals surface area contributed by atoms with Crippen LogP contribution in [-0.2, 0) is 9.47 Å². The Kier molecular flexibility index (Phi) is 4.01. The van der Waals surface area contributed by atoms with Gasteiger partial charge in [-0.1, -0.05) is 30.4 Å². The molecule has 1 aromatic carbocycles. The fourth-order valence-electron chi connectivity index (χ4n) is 3.60. The normalized spacial score (nSPS) is 20.2. The van der Waals surface area contributed by atoms with Crippen LogP contribution in [0.3, 0.4) is 0 Å². The number of rotatable bonds is 3. The summed E-state index contributed by atoms with van der Waals surface area (Å²) >= 11 is 0. The first kappa shape index (κ1) is 15.8. The summed E-state index contributed by atoms with van der Waals surface area (Å²) in [6.45, 7) is 0. The van der Waals surface area contributed by atoms with E-state index in [0.717, 1.165) is 40.3 Å². The number of esters is 1. The van der Waals surface area contributed by atoms with Crippen molar-refractivity contribution in [2.24, 2.45) is 0 Å². The van der Waals surface area contributed by atoms with Gasteiger partial charge in [0, 0.05) is 29.3 Å². The van der Waals surface area contributed by atoms with Gasteiger partial charge in [-0.05, 0) is 25.0 Å². The number of carbonyl (C=O) groups is 1. The zero-order chi connectivity index (χ0) is 17.4. The Labute approximate surface area is 145 Å². The van der Waals surface area contributed by atoms with Crippen molar-refractivity contribution < 1.29 is 14.3 Å². The first-order valence-corrected chi connectivity index (χ1v) is 8.40. The van der Waals surface area contributed by atoms with E-state index in [1.54, 1.807) is 7.11 Å². The number of hydrogen-bond donors (Lipinski definition) is 1. The van der Waals surface area contributed by atoms with Crippen molar-refractivity contribution in [1.29, 1.82) is 0 Å². The smallest absolute Gasteiger partial charge is 0.356 e. The number of benzene rings is 1. The van der Waals surface area contributed by atoms with Crippen molar-refractivity contribution in [3.05, 3.63) is 53.9 Å². The molecule has 0 fully saturated rings. The van der Waals surface area contributed by atoms with E-state index >= 15 is 0 Å². The van der Waals surface area contributed by atoms with E-state index in [2.05, 4.69) is 22.1 Å². The summed E-state index contributed by atoms with van der Waals surface area (Å²) in [5.41, 5.74) is 3.21. The van der Waals surface area contributed by atoms with Gasteiger partial charge in [0.2, 0.25) is 0 Å². The molecule has 0 bridgehead atoms. The summed E-state index contributed by atoms with van der Waals surface area (Å²) in [5.74, 6) is -0.324. The number of carbonyl (C=O) groups excluding carboxylic acids is 1. The number of fused-ring (bicyclic) bond motifs is 3. The molecule has 3 aromatic rings. The van der Waals surface area contributed by atoms with Gasteiger partial charge in [0.15, 0.2) is 0 Å². The van der Waals surface area contributed by atoms with Gasteiger partial charge >= 0.3 is 5.97 Å². The molecule has 4 rings (SSSR count). The van der Waals surface area contributed by atoms with Crippen molar-refractivity contribution in [3.8, 4) is 0 Å². The van der Waals surface area contributed by atoms with Gasteiger partial charge in [-0.2, -0.15) is 0 Å². The third-order valence-electron chi connectivity index (χ3n) is 4.89. The Bertz CT molecular complexity index is 974. The molecule has 25 heavy (non-hydrogen) atoms. The van der Waals surface area contributed by atoms with Crippen molar-refractivity contribution >= 4 is 27.8 Å². The van der Waals surface area contributed by atoms with E-state index in [-0.39, 0.29) is 12.0 Å². The minimum absolute atomic E-state index is 0.0962. The molecular formula is C20H20N2O3. The van der Waals surface area contributed by atoms with Crippen molar-refractivity contribution in [3.63, 3.8) is 0 Å². The van der Waals surface area contributed by atoms with Crippen LogP contribution in [0.15, 0.2) is 42.5 Å². The van der Waals surface area contributed by atoms with Gasteiger partial charge in [0.05, 0.1) is 24.4 Å². The molecule has 0 radical (unpaired) electrons. The molecule has 0 spiro atoms. The lowest BCUT2D eigenvalue weighted by molar-refractivity contribution is 0.0594. The van der Waals surface area contributed by atoms with Crippen molar-refractivity contribution in [1.82, 2.24) is 9.97 Å². The molecule has 2 heterocycles. The summed E-state index contributed by atoms with van der Waals surface area (Å²) in [6.07, 6.45) is 6.19. The van der Waals surface area contributed by atoms with Gasteiger partial charge in [0.1, 0.15) is 5.69 Å². The van der Waals surface area contributed by atoms with E-state index in [1.807, 2.05) is 30.3 Å². The molecular weight excluding hydrogens is 316 g/mol. The van der Waals surface area contributed by atoms with Gasteiger partial charge in [-0.25, -0.2) is 9.78 Å². The minimum atomic E-state index is -0.420. The molecule has 1 aliphatic rings. The Morgan fingerprint density at radius 1 is 1.24 bits per heavy atom. The average Bonchev–Trinajstić information content (AvgIpc) is 3.05. The molecule has 128 valence electrons. The molecule has 0 aliphatic heterocycles. The lowest BCUT2D eigenvalue weighted by Crippen LogP contribution is -2.19. The van der Waals surface area contributed by atoms with E-state index in [9.17, 15) is 4.79 Å². The maximum absolute atomic E-state index is 12.1. The molecule has 5 nitrogen and oxygen atoms in total. The van der Waals surface area contributed by atoms with Gasteiger partial charge in [0.25, 0.3) is 0 Å². The monoisotopic (exact) mass is 336 g/mol. The van der Waals surface area contributed by atoms with Crippen molar-refractivity contribution in [2.75, 3.05) is 14.2 Å². The van der Waals surface area contributed by atoms with Crippen LogP contribution in [0.2, 0.25) is 0 Å². The number of aromatic nitrogens is 2. The number of pyridine rings is 1. The number of H-pyrrole nitrogens is 1. The Hall–Kier alpha value is -2.66. The quantitative estimate of drug-likeness (QED) is 0.581. The molecule has 1 N–H and O–H groups in total. The van der Waals surface area contributed by atoms with E-state index in [0.29, 0.717) is 5.69 Å². The fraction of sp³-hybridized carbons (Fsp3) is 0.300. The zero-order valence-corrected chi connectivity index (χ0v) is 14.3. The predicted octanol–water partition coefficient (Wildman–Crippen LogP) is 3.95. The van der Waals surface area contributed by atoms with Gasteiger partial charge in [-0.15, -0.1) is 0 Å². The first-order valence-electron chi connectivity index (χ1n) is 8.40. The molecule has 5 heteroatoms. The number of nitrogens with zero attached hydrogens (tertiary/aromatic N) is 1. The first-order chi connectivity index (χ1) is 12.2. The maximum Gasteiger partial charge on any atom is 0.356 e. The summed E-state index contributed by atoms with van der Waals surface area (Å²) in [7, 11) is 3.11. The van der Waals surface area contributed by atoms with Crippen LogP contribution < -0.4 is 0 Å². The number of para-hydroxylation sites is 1. The van der Waals surface area contributed by atoms with Gasteiger partial charge in [-0.3, -0.25) is 0 Å². The van der Waals surface area contributed by atoms with Crippen LogP contribution in [0.1, 0.15) is 34.9 Å². The topological polar surface area (TPSA) is 64.2 Å². The molecule has 0 saturated carbocycles. The summed E-state index contributed by atoms with van der Waals surface area (Å²) < 4.78 is 10.4. The highest BCUT2D eigenvalue weighted by Crippen LogP contribution is 2.35. The van der Waals surface area contributed by atoms with Gasteiger partial charge < -0.3 is 14.5 Å². The van der Waals surface area contributed by atoms with Crippen LogP contribution in [0, 0.1) is 0 Å². The van der Waals surface area contributed by atoms with E-state index < -0.39 is 5.97 Å². The van der Waals surface area contributed by atoms with Crippen LogP contribution >= 0.6 is 0 Å². The SMILES string of the molecule is COC(=O)c1cc2c([nH]c3ccccc32)c(C2C=CCC(OC)C2)n1. The summed E-state index contributed by atoms with van der Waals surface area (Å²) in [6, 6.07) is 9.88. The number of methoxy groups -OCH3 is 2. The number of allylic oxidation sites excluding steroid dienone is 1. The maximum atomic E-state index is 12.1. The van der Waals surface area contributed by atoms with Crippen molar-refractivity contribution in [2.45, 2.75) is 24.9 Å². The fourth-order valence-corrected chi connectivity index (χ4v) is 3.60. The largest absolute Gasteiger partial charge is 0.464 e. The second kappa shape index (κ2) is 6.33. The lowest BCUT2D eigenvalue weighted by Gasteiger charge is -2.24. The number of hydrogen-bond acceptors (Lipinski definition) is 4. The van der Waals surface area contributed by atoms with Crippen LogP contribution in [0.5, 0.6) is 0 Å². The molecule has 2 aromatic heterocycles. The number of nitrogens with one attached hydrogen (secondary N) is 1. The van der Waals surface area contributed by atoms with Crippen LogP contribution in [-0.4, -0.2) is 36.3 Å². The lowest BCUT2D eigenvalue weighted by atomic mass is 9.89. The summed E-state index contributed by atoms with van der Waals surface area (Å²) in [5, 5.41) is 2.07. The molecule has 2 atom stereocenters. The van der Waals surface area contributed by atoms with E-state index in [4.69, 9.17) is 9.47 Å². The highest BCUT2D eigenvalue weighted by molar-refractivity contribution is 6.09. The third-order valence-corrected chi connectivity index (χ3v) is 4.89. The molecule has 2 unspecified atom stereocenters. The Balaban J connectivity index is 1.96.